The molecule has 0 saturated heterocycles. The third kappa shape index (κ3) is 1.84. The van der Waals surface area contributed by atoms with Crippen molar-refractivity contribution in [2.45, 2.75) is 6.92 Å². The molecule has 0 unspecified atom stereocenters. The standard InChI is InChI=1S/C9H7N2O.Ir/c1-7-6-9(12)11-5-3-2-4-8(11)10-7;/h2-4,6H,1H3;/q-1;. The summed E-state index contributed by atoms with van der Waals surface area (Å²) in [6, 6.07) is 6.76. The van der Waals surface area contributed by atoms with E-state index in [4.69, 9.17) is 0 Å². The number of pyridine rings is 1. The van der Waals surface area contributed by atoms with Crippen molar-refractivity contribution >= 4 is 5.65 Å². The predicted molar refractivity (Wildman–Crippen MR) is 45.0 cm³/mol. The average molecular weight is 351 g/mol. The molecular formula is C9H7IrN2O-. The smallest absolute Gasteiger partial charge is 0.173 e. The third-order valence-electron chi connectivity index (χ3n) is 1.62. The van der Waals surface area contributed by atoms with Crippen LogP contribution in [0.4, 0.5) is 0 Å². The number of fused-ring (bicyclic) bond motifs is 1. The summed E-state index contributed by atoms with van der Waals surface area (Å²) in [5, 5.41) is 0. The summed E-state index contributed by atoms with van der Waals surface area (Å²) in [5.74, 6) is 0. The Hall–Kier alpha value is -0.991. The maximum absolute atomic E-state index is 11.3. The van der Waals surface area contributed by atoms with Crippen LogP contribution in [0.1, 0.15) is 5.69 Å². The van der Waals surface area contributed by atoms with Gasteiger partial charge in [0.25, 0.3) is 0 Å². The van der Waals surface area contributed by atoms with Crippen LogP contribution in [-0.2, 0) is 20.1 Å². The van der Waals surface area contributed by atoms with E-state index in [0.717, 1.165) is 5.69 Å². The number of nitrogens with zero attached hydrogens (tertiary/aromatic N) is 2. The Morgan fingerprint density at radius 2 is 2.31 bits per heavy atom. The van der Waals surface area contributed by atoms with Crippen LogP contribution in [0.3, 0.4) is 0 Å². The molecule has 0 aromatic carbocycles. The van der Waals surface area contributed by atoms with Crippen molar-refractivity contribution in [1.82, 2.24) is 9.38 Å². The van der Waals surface area contributed by atoms with Crippen molar-refractivity contribution in [3.05, 3.63) is 46.5 Å². The molecule has 0 aliphatic carbocycles. The van der Waals surface area contributed by atoms with Gasteiger partial charge in [-0.2, -0.15) is 0 Å². The van der Waals surface area contributed by atoms with E-state index in [2.05, 4.69) is 11.2 Å². The van der Waals surface area contributed by atoms with E-state index in [1.54, 1.807) is 25.1 Å². The summed E-state index contributed by atoms with van der Waals surface area (Å²) in [7, 11) is 0. The number of hydrogen-bond acceptors (Lipinski definition) is 2. The minimum absolute atomic E-state index is 0. The van der Waals surface area contributed by atoms with Gasteiger partial charge in [0.1, 0.15) is 0 Å². The molecule has 2 heterocycles. The fraction of sp³-hybridized carbons (Fsp3) is 0.111. The summed E-state index contributed by atoms with van der Waals surface area (Å²) >= 11 is 0. The van der Waals surface area contributed by atoms with E-state index >= 15 is 0 Å². The van der Waals surface area contributed by atoms with Crippen LogP contribution in [0.2, 0.25) is 0 Å². The molecule has 0 aliphatic rings. The van der Waals surface area contributed by atoms with E-state index in [-0.39, 0.29) is 25.7 Å². The first-order valence-corrected chi connectivity index (χ1v) is 3.64. The van der Waals surface area contributed by atoms with Crippen molar-refractivity contribution < 1.29 is 20.1 Å². The zero-order valence-corrected chi connectivity index (χ0v) is 9.34. The van der Waals surface area contributed by atoms with Gasteiger partial charge in [-0.1, -0.05) is 6.20 Å². The zero-order chi connectivity index (χ0) is 8.55. The second kappa shape index (κ2) is 3.81. The van der Waals surface area contributed by atoms with Crippen molar-refractivity contribution in [2.24, 2.45) is 0 Å². The maximum atomic E-state index is 11.3. The molecule has 0 N–H and O–H groups in total. The fourth-order valence-electron chi connectivity index (χ4n) is 1.11. The Balaban J connectivity index is 0.000000845. The number of aryl methyl sites for hydroxylation is 1. The SMILES string of the molecule is Cc1cc(=O)n2[c-]cccc2n1.[Ir]. The third-order valence-corrected chi connectivity index (χ3v) is 1.62. The van der Waals surface area contributed by atoms with Crippen LogP contribution >= 0.6 is 0 Å². The minimum Gasteiger partial charge on any atom is -0.390 e. The van der Waals surface area contributed by atoms with Gasteiger partial charge in [0.2, 0.25) is 0 Å². The second-order valence-corrected chi connectivity index (χ2v) is 2.58. The molecule has 2 aromatic heterocycles. The minimum atomic E-state index is -0.0851. The topological polar surface area (TPSA) is 34.4 Å². The first-order chi connectivity index (χ1) is 5.77. The van der Waals surface area contributed by atoms with Gasteiger partial charge in [-0.3, -0.25) is 4.98 Å². The fourth-order valence-corrected chi connectivity index (χ4v) is 1.11. The van der Waals surface area contributed by atoms with Crippen molar-refractivity contribution in [3.8, 4) is 0 Å². The summed E-state index contributed by atoms with van der Waals surface area (Å²) in [6.45, 7) is 1.80. The monoisotopic (exact) mass is 352 g/mol. The van der Waals surface area contributed by atoms with Gasteiger partial charge in [-0.25, -0.2) is 0 Å². The molecule has 4 heteroatoms. The normalized spacial score (nSPS) is 9.62. The first-order valence-electron chi connectivity index (χ1n) is 3.64. The molecule has 69 valence electrons. The van der Waals surface area contributed by atoms with Gasteiger partial charge in [-0.05, 0) is 13.0 Å². The quantitative estimate of drug-likeness (QED) is 0.658. The van der Waals surface area contributed by atoms with E-state index in [9.17, 15) is 4.79 Å². The van der Waals surface area contributed by atoms with Gasteiger partial charge < -0.3 is 9.20 Å². The van der Waals surface area contributed by atoms with Gasteiger partial charge in [0.15, 0.2) is 5.56 Å². The van der Waals surface area contributed by atoms with Gasteiger partial charge in [0.05, 0.1) is 0 Å². The second-order valence-electron chi connectivity index (χ2n) is 2.58. The van der Waals surface area contributed by atoms with Crippen LogP contribution in [-0.4, -0.2) is 9.38 Å². The van der Waals surface area contributed by atoms with E-state index in [1.807, 2.05) is 0 Å². The molecule has 0 bridgehead atoms. The van der Waals surface area contributed by atoms with Crippen LogP contribution < -0.4 is 5.56 Å². The Bertz CT molecular complexity index is 478. The molecule has 2 rings (SSSR count). The van der Waals surface area contributed by atoms with Crippen LogP contribution in [0.15, 0.2) is 29.1 Å². The molecule has 0 fully saturated rings. The summed E-state index contributed by atoms with van der Waals surface area (Å²) in [6.07, 6.45) is 2.79. The van der Waals surface area contributed by atoms with Crippen LogP contribution in [0, 0.1) is 13.1 Å². The van der Waals surface area contributed by atoms with E-state index in [1.165, 1.54) is 10.5 Å². The van der Waals surface area contributed by atoms with E-state index < -0.39 is 0 Å². The van der Waals surface area contributed by atoms with Gasteiger partial charge in [0, 0.05) is 31.4 Å². The van der Waals surface area contributed by atoms with E-state index in [0.29, 0.717) is 5.65 Å². The van der Waals surface area contributed by atoms with Gasteiger partial charge >= 0.3 is 0 Å². The van der Waals surface area contributed by atoms with Gasteiger partial charge in [-0.15, -0.1) is 18.2 Å². The molecule has 2 aromatic rings. The molecule has 0 saturated carbocycles. The number of rotatable bonds is 0. The number of hydrogen-bond donors (Lipinski definition) is 0. The molecule has 1 radical (unpaired) electrons. The molecular weight excluding hydrogens is 344 g/mol. The van der Waals surface area contributed by atoms with Crippen molar-refractivity contribution in [3.63, 3.8) is 0 Å². The van der Waals surface area contributed by atoms with Crippen LogP contribution in [0.5, 0.6) is 0 Å². The molecule has 0 spiro atoms. The van der Waals surface area contributed by atoms with Crippen molar-refractivity contribution in [1.29, 1.82) is 0 Å². The molecule has 0 aliphatic heterocycles. The largest absolute Gasteiger partial charge is 0.390 e. The Labute approximate surface area is 88.8 Å². The molecule has 3 nitrogen and oxygen atoms in total. The Morgan fingerprint density at radius 1 is 1.54 bits per heavy atom. The summed E-state index contributed by atoms with van der Waals surface area (Å²) in [4.78, 5) is 15.5. The Morgan fingerprint density at radius 3 is 3.08 bits per heavy atom. The molecule has 0 atom stereocenters. The maximum Gasteiger partial charge on any atom is 0.173 e. The van der Waals surface area contributed by atoms with Crippen molar-refractivity contribution in [2.75, 3.05) is 0 Å². The summed E-state index contributed by atoms with van der Waals surface area (Å²) in [5.41, 5.74) is 1.29. The Kier molecular flexibility index (Phi) is 2.96. The molecule has 0 amide bonds. The predicted octanol–water partition coefficient (Wildman–Crippen LogP) is 0.801. The van der Waals surface area contributed by atoms with Crippen LogP contribution in [0.25, 0.3) is 5.65 Å². The number of aromatic nitrogens is 2. The zero-order valence-electron chi connectivity index (χ0n) is 6.95. The molecule has 13 heavy (non-hydrogen) atoms. The summed E-state index contributed by atoms with van der Waals surface area (Å²) < 4.78 is 1.40. The average Bonchev–Trinajstić information content (AvgIpc) is 2.04. The first kappa shape index (κ1) is 10.1.